The van der Waals surface area contributed by atoms with Crippen LogP contribution in [-0.4, -0.2) is 87.3 Å². The predicted molar refractivity (Wildman–Crippen MR) is 143 cm³/mol. The number of aryl methyl sites for hydroxylation is 2. The van der Waals surface area contributed by atoms with Crippen LogP contribution in [0, 0.1) is 18.3 Å². The number of rotatable bonds is 16. The van der Waals surface area contributed by atoms with Crippen LogP contribution in [0.5, 0.6) is 0 Å². The molecular weight excluding hydrogens is 586 g/mol. The van der Waals surface area contributed by atoms with Crippen LogP contribution in [0.15, 0.2) is 16.4 Å². The van der Waals surface area contributed by atoms with Crippen molar-refractivity contribution in [2.45, 2.75) is 46.1 Å². The largest absolute Gasteiger partial charge is 0.480 e. The van der Waals surface area contributed by atoms with Gasteiger partial charge in [0.1, 0.15) is 24.0 Å². The summed E-state index contributed by atoms with van der Waals surface area (Å²) in [4.78, 5) is 32.9. The zero-order valence-corrected chi connectivity index (χ0v) is 23.8. The van der Waals surface area contributed by atoms with Crippen molar-refractivity contribution in [3.05, 3.63) is 17.5 Å². The van der Waals surface area contributed by atoms with Crippen LogP contribution in [0.4, 0.5) is 23.3 Å². The van der Waals surface area contributed by atoms with Crippen molar-refractivity contribution in [1.29, 1.82) is 5.26 Å². The molecule has 1 amide bonds. The number of carbonyl (C=O) groups excluding carboxylic acids is 1. The molecule has 0 saturated heterocycles. The first-order valence-corrected chi connectivity index (χ1v) is 15.2. The third-order valence-electron chi connectivity index (χ3n) is 5.24. The summed E-state index contributed by atoms with van der Waals surface area (Å²) in [5, 5.41) is 33.6. The van der Waals surface area contributed by atoms with Gasteiger partial charge in [-0.05, 0) is 32.6 Å². The number of aromatic nitrogens is 4. The van der Waals surface area contributed by atoms with Crippen LogP contribution < -0.4 is 10.2 Å². The van der Waals surface area contributed by atoms with Crippen LogP contribution >= 0.6 is 0 Å². The van der Waals surface area contributed by atoms with Gasteiger partial charge in [-0.15, -0.1) is 10.2 Å². The maximum absolute atomic E-state index is 11.8. The fourth-order valence-corrected chi connectivity index (χ4v) is 4.61. The zero-order chi connectivity index (χ0) is 30.8. The van der Waals surface area contributed by atoms with E-state index in [1.165, 1.54) is 22.7 Å². The highest BCUT2D eigenvalue weighted by molar-refractivity contribution is 7.86. The quantitative estimate of drug-likeness (QED) is 0.118. The van der Waals surface area contributed by atoms with Crippen LogP contribution in [0.2, 0.25) is 0 Å². The fourth-order valence-electron chi connectivity index (χ4n) is 3.47. The molecule has 0 saturated carbocycles. The minimum atomic E-state index is -4.18. The van der Waals surface area contributed by atoms with Crippen molar-refractivity contribution in [2.75, 3.05) is 34.8 Å². The first-order valence-electron chi connectivity index (χ1n) is 12.0. The molecule has 0 atom stereocenters. The van der Waals surface area contributed by atoms with E-state index in [2.05, 4.69) is 30.6 Å². The van der Waals surface area contributed by atoms with Crippen molar-refractivity contribution < 1.29 is 40.6 Å². The van der Waals surface area contributed by atoms with Gasteiger partial charge in [0.25, 0.3) is 20.2 Å². The minimum absolute atomic E-state index is 0.0272. The van der Waals surface area contributed by atoms with E-state index in [1.54, 1.807) is 6.92 Å². The van der Waals surface area contributed by atoms with Crippen molar-refractivity contribution in [3.8, 4) is 6.07 Å². The van der Waals surface area contributed by atoms with E-state index in [0.717, 1.165) is 0 Å². The highest BCUT2D eigenvalue weighted by Gasteiger charge is 2.19. The van der Waals surface area contributed by atoms with E-state index >= 15 is 0 Å². The summed E-state index contributed by atoms with van der Waals surface area (Å²) in [6.45, 7) is 2.42. The number of aliphatic carboxylic acids is 1. The van der Waals surface area contributed by atoms with Gasteiger partial charge < -0.3 is 15.3 Å². The Morgan fingerprint density at radius 3 is 2.29 bits per heavy atom. The molecule has 4 N–H and O–H groups in total. The summed E-state index contributed by atoms with van der Waals surface area (Å²) in [6.07, 6.45) is 1.82. The van der Waals surface area contributed by atoms with Gasteiger partial charge in [0.05, 0.1) is 23.4 Å². The van der Waals surface area contributed by atoms with Crippen LogP contribution in [0.1, 0.15) is 43.9 Å². The average molecular weight is 616 g/mol. The van der Waals surface area contributed by atoms with Gasteiger partial charge >= 0.3 is 5.97 Å². The number of hydrogen-bond donors (Lipinski definition) is 4. The number of nitrogens with zero attached hydrogens (tertiary/aromatic N) is 8. The monoisotopic (exact) mass is 615 g/mol. The smallest absolute Gasteiger partial charge is 0.323 e. The number of carboxylic acids is 1. The summed E-state index contributed by atoms with van der Waals surface area (Å²) < 4.78 is 62.9. The number of nitrogens with one attached hydrogen (secondary N) is 1. The Bertz CT molecular complexity index is 1550. The Labute approximate surface area is 235 Å². The predicted octanol–water partition coefficient (Wildman–Crippen LogP) is 1.45. The molecule has 0 fully saturated rings. The number of azo groups is 1. The number of hydrogen-bond acceptors (Lipinski definition) is 13. The average Bonchev–Trinajstić information content (AvgIpc) is 3.15. The van der Waals surface area contributed by atoms with Gasteiger partial charge in [0.15, 0.2) is 11.6 Å². The molecule has 0 aliphatic rings. The molecule has 0 spiro atoms. The molecule has 2 heterocycles. The number of amides is 1. The second-order valence-corrected chi connectivity index (χ2v) is 11.8. The van der Waals surface area contributed by atoms with Crippen molar-refractivity contribution in [1.82, 2.24) is 19.7 Å². The number of anilines is 2. The van der Waals surface area contributed by atoms with Crippen LogP contribution in [-0.2, 0) is 36.4 Å². The van der Waals surface area contributed by atoms with E-state index in [0.29, 0.717) is 5.69 Å². The molecule has 2 rings (SSSR count). The van der Waals surface area contributed by atoms with E-state index in [4.69, 9.17) is 9.11 Å². The molecule has 18 nitrogen and oxygen atoms in total. The minimum Gasteiger partial charge on any atom is -0.480 e. The van der Waals surface area contributed by atoms with E-state index in [9.17, 15) is 36.8 Å². The molecule has 41 heavy (non-hydrogen) atoms. The fraction of sp³-hybridized carbons (Fsp3) is 0.524. The Balaban J connectivity index is 2.37. The first kappa shape index (κ1) is 33.1. The van der Waals surface area contributed by atoms with Crippen molar-refractivity contribution >= 4 is 55.4 Å². The molecule has 20 heteroatoms. The standard InChI is InChI=1S/C21H29N9O9S2/c1-14-16(11-22)21(30(28-14)8-4-6-10-41(37,38)39)27-26-19-20(24-15(2)31)25-17(12-23-19)29(13-18(32)33)7-3-5-9-40(34,35)36/h12H,3-10,13H2,1-2H3,(H,32,33)(H,24,25,31)(H,34,35,36)(H,37,38,39). The van der Waals surface area contributed by atoms with Crippen molar-refractivity contribution in [2.24, 2.45) is 10.2 Å². The second kappa shape index (κ2) is 14.5. The van der Waals surface area contributed by atoms with Gasteiger partial charge in [0.2, 0.25) is 11.7 Å². The highest BCUT2D eigenvalue weighted by Crippen LogP contribution is 2.28. The van der Waals surface area contributed by atoms with Crippen LogP contribution in [0.3, 0.4) is 0 Å². The number of unbranched alkanes of at least 4 members (excludes halogenated alkanes) is 2. The highest BCUT2D eigenvalue weighted by atomic mass is 32.2. The Hall–Kier alpha value is -4.06. The third kappa shape index (κ3) is 11.5. The maximum atomic E-state index is 11.8. The van der Waals surface area contributed by atoms with Gasteiger partial charge in [-0.3, -0.25) is 18.7 Å². The van der Waals surface area contributed by atoms with Crippen molar-refractivity contribution in [3.63, 3.8) is 0 Å². The molecule has 0 unspecified atom stereocenters. The molecular formula is C21H29N9O9S2. The second-order valence-electron chi connectivity index (χ2n) is 8.70. The molecule has 0 aliphatic carbocycles. The number of carbonyl (C=O) groups is 2. The lowest BCUT2D eigenvalue weighted by Gasteiger charge is -2.22. The van der Waals surface area contributed by atoms with Gasteiger partial charge in [-0.25, -0.2) is 14.6 Å². The summed E-state index contributed by atoms with van der Waals surface area (Å²) >= 11 is 0. The lowest BCUT2D eigenvalue weighted by molar-refractivity contribution is -0.135. The summed E-state index contributed by atoms with van der Waals surface area (Å²) in [7, 11) is -8.31. The molecule has 0 radical (unpaired) electrons. The molecule has 0 bridgehead atoms. The first-order chi connectivity index (χ1) is 19.1. The normalized spacial score (nSPS) is 11.9. The van der Waals surface area contributed by atoms with Crippen LogP contribution in [0.25, 0.3) is 0 Å². The topological polar surface area (TPSA) is 270 Å². The number of carboxylic acid groups (broad SMARTS) is 1. The molecule has 0 aromatic carbocycles. The summed E-state index contributed by atoms with van der Waals surface area (Å²) in [5.41, 5.74) is 0.421. The molecule has 2 aromatic rings. The lowest BCUT2D eigenvalue weighted by atomic mass is 10.3. The zero-order valence-electron chi connectivity index (χ0n) is 22.1. The Morgan fingerprint density at radius 2 is 1.73 bits per heavy atom. The SMILES string of the molecule is CC(=O)Nc1nc(N(CCCCS(=O)(=O)O)CC(=O)O)cnc1N=Nc1c(C#N)c(C)nn1CCCCS(=O)(=O)O. The molecule has 2 aromatic heterocycles. The summed E-state index contributed by atoms with van der Waals surface area (Å²) in [6, 6.07) is 1.96. The van der Waals surface area contributed by atoms with E-state index in [-0.39, 0.29) is 67.6 Å². The number of nitriles is 1. The van der Waals surface area contributed by atoms with Gasteiger partial charge in [-0.2, -0.15) is 27.2 Å². The third-order valence-corrected chi connectivity index (χ3v) is 6.85. The maximum Gasteiger partial charge on any atom is 0.323 e. The van der Waals surface area contributed by atoms with Gasteiger partial charge in [-0.1, -0.05) is 0 Å². The lowest BCUT2D eigenvalue weighted by Crippen LogP contribution is -2.32. The van der Waals surface area contributed by atoms with E-state index < -0.39 is 50.2 Å². The molecule has 224 valence electrons. The Morgan fingerprint density at radius 1 is 1.10 bits per heavy atom. The molecule has 0 aliphatic heterocycles. The Kier molecular flexibility index (Phi) is 11.8. The van der Waals surface area contributed by atoms with Gasteiger partial charge in [0, 0.05) is 20.0 Å². The summed E-state index contributed by atoms with van der Waals surface area (Å²) in [5.74, 6) is -3.03. The van der Waals surface area contributed by atoms with E-state index in [1.807, 2.05) is 6.07 Å².